The molecule has 1 aromatic carbocycles. The fourth-order valence-corrected chi connectivity index (χ4v) is 2.03. The van der Waals surface area contributed by atoms with Crippen LogP contribution in [0.25, 0.3) is 11.3 Å². The zero-order valence-corrected chi connectivity index (χ0v) is 12.3. The molecule has 110 valence electrons. The predicted octanol–water partition coefficient (Wildman–Crippen LogP) is 3.61. The van der Waals surface area contributed by atoms with E-state index in [9.17, 15) is 4.79 Å². The third-order valence-electron chi connectivity index (χ3n) is 3.24. The van der Waals surface area contributed by atoms with Gasteiger partial charge in [-0.3, -0.25) is 4.79 Å². The van der Waals surface area contributed by atoms with Gasteiger partial charge < -0.3 is 9.84 Å². The molecule has 0 spiro atoms. The van der Waals surface area contributed by atoms with Gasteiger partial charge >= 0.3 is 0 Å². The van der Waals surface area contributed by atoms with Crippen LogP contribution in [0.1, 0.15) is 21.7 Å². The SMILES string of the molecule is Cc1ccc(-c2cc(C(=O)Nc3cc(C)ccn3)on2)cc1. The third-order valence-corrected chi connectivity index (χ3v) is 3.24. The number of amides is 1. The zero-order valence-electron chi connectivity index (χ0n) is 12.3. The lowest BCUT2D eigenvalue weighted by Gasteiger charge is -2.01. The van der Waals surface area contributed by atoms with E-state index in [1.54, 1.807) is 18.3 Å². The number of hydrogen-bond donors (Lipinski definition) is 1. The van der Waals surface area contributed by atoms with Crippen molar-refractivity contribution in [3.63, 3.8) is 0 Å². The van der Waals surface area contributed by atoms with E-state index in [0.717, 1.165) is 16.7 Å². The van der Waals surface area contributed by atoms with E-state index in [4.69, 9.17) is 4.52 Å². The zero-order chi connectivity index (χ0) is 15.5. The molecular weight excluding hydrogens is 278 g/mol. The monoisotopic (exact) mass is 293 g/mol. The van der Waals surface area contributed by atoms with Gasteiger partial charge in [-0.05, 0) is 31.5 Å². The minimum Gasteiger partial charge on any atom is -0.350 e. The van der Waals surface area contributed by atoms with Crippen molar-refractivity contribution in [2.75, 3.05) is 5.32 Å². The van der Waals surface area contributed by atoms with Gasteiger partial charge in [0.1, 0.15) is 11.5 Å². The molecule has 3 aromatic rings. The fraction of sp³-hybridized carbons (Fsp3) is 0.118. The molecule has 1 amide bonds. The Bertz CT molecular complexity index is 807. The van der Waals surface area contributed by atoms with Gasteiger partial charge in [-0.1, -0.05) is 35.0 Å². The van der Waals surface area contributed by atoms with Crippen LogP contribution in [-0.2, 0) is 0 Å². The van der Waals surface area contributed by atoms with Crippen molar-refractivity contribution in [1.29, 1.82) is 0 Å². The molecule has 5 heteroatoms. The molecule has 0 aliphatic carbocycles. The van der Waals surface area contributed by atoms with Gasteiger partial charge in [0.05, 0.1) is 0 Å². The van der Waals surface area contributed by atoms with E-state index in [-0.39, 0.29) is 11.7 Å². The number of nitrogens with one attached hydrogen (secondary N) is 1. The first-order valence-electron chi connectivity index (χ1n) is 6.89. The summed E-state index contributed by atoms with van der Waals surface area (Å²) in [5.41, 5.74) is 3.71. The van der Waals surface area contributed by atoms with Crippen LogP contribution in [0.5, 0.6) is 0 Å². The first kappa shape index (κ1) is 14.0. The average molecular weight is 293 g/mol. The Labute approximate surface area is 128 Å². The summed E-state index contributed by atoms with van der Waals surface area (Å²) in [6.07, 6.45) is 1.64. The van der Waals surface area contributed by atoms with E-state index in [1.807, 2.05) is 44.2 Å². The lowest BCUT2D eigenvalue weighted by atomic mass is 10.1. The summed E-state index contributed by atoms with van der Waals surface area (Å²) in [5.74, 6) is 0.265. The molecule has 0 fully saturated rings. The maximum Gasteiger partial charge on any atom is 0.295 e. The van der Waals surface area contributed by atoms with Crippen molar-refractivity contribution >= 4 is 11.7 Å². The lowest BCUT2D eigenvalue weighted by Crippen LogP contribution is -2.12. The molecule has 2 heterocycles. The second kappa shape index (κ2) is 5.81. The Hall–Kier alpha value is -2.95. The number of hydrogen-bond acceptors (Lipinski definition) is 4. The summed E-state index contributed by atoms with van der Waals surface area (Å²) in [6, 6.07) is 13.1. The summed E-state index contributed by atoms with van der Waals surface area (Å²) in [6.45, 7) is 3.95. The highest BCUT2D eigenvalue weighted by Gasteiger charge is 2.14. The molecule has 2 aromatic heterocycles. The van der Waals surface area contributed by atoms with Crippen LogP contribution in [0.15, 0.2) is 53.2 Å². The van der Waals surface area contributed by atoms with Crippen LogP contribution in [-0.4, -0.2) is 16.0 Å². The standard InChI is InChI=1S/C17H15N3O2/c1-11-3-5-13(6-4-11)14-10-15(22-20-14)17(21)19-16-9-12(2)7-8-18-16/h3-10H,1-2H3,(H,18,19,21). The maximum atomic E-state index is 12.1. The van der Waals surface area contributed by atoms with Crippen molar-refractivity contribution in [3.05, 3.63) is 65.5 Å². The number of benzene rings is 1. The van der Waals surface area contributed by atoms with Gasteiger partial charge in [-0.15, -0.1) is 0 Å². The van der Waals surface area contributed by atoms with Crippen LogP contribution in [0, 0.1) is 13.8 Å². The quantitative estimate of drug-likeness (QED) is 0.801. The molecule has 0 saturated carbocycles. The largest absolute Gasteiger partial charge is 0.350 e. The van der Waals surface area contributed by atoms with Crippen LogP contribution < -0.4 is 5.32 Å². The number of pyridine rings is 1. The highest BCUT2D eigenvalue weighted by molar-refractivity contribution is 6.02. The van der Waals surface area contributed by atoms with Crippen molar-refractivity contribution < 1.29 is 9.32 Å². The van der Waals surface area contributed by atoms with Crippen LogP contribution in [0.3, 0.4) is 0 Å². The summed E-state index contributed by atoms with van der Waals surface area (Å²) < 4.78 is 5.12. The van der Waals surface area contributed by atoms with Crippen LogP contribution in [0.2, 0.25) is 0 Å². The van der Waals surface area contributed by atoms with Crippen LogP contribution in [0.4, 0.5) is 5.82 Å². The van der Waals surface area contributed by atoms with Gasteiger partial charge in [0, 0.05) is 17.8 Å². The molecule has 0 radical (unpaired) electrons. The summed E-state index contributed by atoms with van der Waals surface area (Å²) in [5, 5.41) is 6.63. The third kappa shape index (κ3) is 3.03. The Morgan fingerprint density at radius 3 is 2.55 bits per heavy atom. The van der Waals surface area contributed by atoms with E-state index in [0.29, 0.717) is 11.5 Å². The first-order valence-corrected chi connectivity index (χ1v) is 6.89. The van der Waals surface area contributed by atoms with Crippen molar-refractivity contribution in [1.82, 2.24) is 10.1 Å². The summed E-state index contributed by atoms with van der Waals surface area (Å²) in [7, 11) is 0. The highest BCUT2D eigenvalue weighted by atomic mass is 16.5. The van der Waals surface area contributed by atoms with E-state index in [1.165, 1.54) is 0 Å². The molecular formula is C17H15N3O2. The van der Waals surface area contributed by atoms with Gasteiger partial charge in [0.15, 0.2) is 0 Å². The predicted molar refractivity (Wildman–Crippen MR) is 83.6 cm³/mol. The second-order valence-electron chi connectivity index (χ2n) is 5.11. The van der Waals surface area contributed by atoms with Gasteiger partial charge in [0.2, 0.25) is 5.76 Å². The molecule has 1 N–H and O–H groups in total. The van der Waals surface area contributed by atoms with Gasteiger partial charge in [0.25, 0.3) is 5.91 Å². The number of carbonyl (C=O) groups is 1. The van der Waals surface area contributed by atoms with Gasteiger partial charge in [-0.2, -0.15) is 0 Å². The van der Waals surface area contributed by atoms with Crippen molar-refractivity contribution in [3.8, 4) is 11.3 Å². The number of anilines is 1. The number of rotatable bonds is 3. The Morgan fingerprint density at radius 1 is 1.05 bits per heavy atom. The average Bonchev–Trinajstić information content (AvgIpc) is 2.98. The Kier molecular flexibility index (Phi) is 3.70. The first-order chi connectivity index (χ1) is 10.6. The maximum absolute atomic E-state index is 12.1. The van der Waals surface area contributed by atoms with Crippen molar-refractivity contribution in [2.24, 2.45) is 0 Å². The minimum atomic E-state index is -0.371. The molecule has 5 nitrogen and oxygen atoms in total. The summed E-state index contributed by atoms with van der Waals surface area (Å²) >= 11 is 0. The number of aryl methyl sites for hydroxylation is 2. The second-order valence-corrected chi connectivity index (χ2v) is 5.11. The van der Waals surface area contributed by atoms with E-state index >= 15 is 0 Å². The molecule has 0 aliphatic rings. The molecule has 3 rings (SSSR count). The Morgan fingerprint density at radius 2 is 1.82 bits per heavy atom. The Balaban J connectivity index is 1.78. The van der Waals surface area contributed by atoms with Crippen LogP contribution >= 0.6 is 0 Å². The molecule has 0 atom stereocenters. The molecule has 0 aliphatic heterocycles. The lowest BCUT2D eigenvalue weighted by molar-refractivity contribution is 0.0987. The molecule has 0 saturated heterocycles. The highest BCUT2D eigenvalue weighted by Crippen LogP contribution is 2.20. The molecule has 0 unspecified atom stereocenters. The van der Waals surface area contributed by atoms with Crippen molar-refractivity contribution in [2.45, 2.75) is 13.8 Å². The number of nitrogens with zero attached hydrogens (tertiary/aromatic N) is 2. The topological polar surface area (TPSA) is 68.0 Å². The fourth-order valence-electron chi connectivity index (χ4n) is 2.03. The number of carbonyl (C=O) groups excluding carboxylic acids is 1. The van der Waals surface area contributed by atoms with E-state index < -0.39 is 0 Å². The number of aromatic nitrogens is 2. The van der Waals surface area contributed by atoms with Gasteiger partial charge in [-0.25, -0.2) is 4.98 Å². The molecule has 22 heavy (non-hydrogen) atoms. The smallest absolute Gasteiger partial charge is 0.295 e. The minimum absolute atomic E-state index is 0.152. The molecule has 0 bridgehead atoms. The van der Waals surface area contributed by atoms with E-state index in [2.05, 4.69) is 15.5 Å². The summed E-state index contributed by atoms with van der Waals surface area (Å²) in [4.78, 5) is 16.2. The normalized spacial score (nSPS) is 10.5.